The minimum absolute atomic E-state index is 0.0381. The molecule has 2 heterocycles. The second-order valence-electron chi connectivity index (χ2n) is 5.09. The van der Waals surface area contributed by atoms with Gasteiger partial charge in [-0.3, -0.25) is 14.3 Å². The van der Waals surface area contributed by atoms with Crippen LogP contribution in [-0.4, -0.2) is 39.9 Å². The van der Waals surface area contributed by atoms with E-state index in [-0.39, 0.29) is 17.9 Å². The number of nitrogens with zero attached hydrogens (tertiary/aromatic N) is 2. The number of rotatable bonds is 4. The molecule has 1 aromatic heterocycles. The number of hydrogen-bond donors (Lipinski definition) is 3. The van der Waals surface area contributed by atoms with Crippen LogP contribution in [0.15, 0.2) is 12.4 Å². The summed E-state index contributed by atoms with van der Waals surface area (Å²) in [6, 6.07) is 0. The van der Waals surface area contributed by atoms with Crippen molar-refractivity contribution in [1.82, 2.24) is 15.1 Å². The number of aromatic nitrogens is 2. The van der Waals surface area contributed by atoms with Gasteiger partial charge in [0.2, 0.25) is 5.91 Å². The quantitative estimate of drug-likeness (QED) is 0.728. The molecule has 0 radical (unpaired) electrons. The molecule has 19 heavy (non-hydrogen) atoms. The Hall–Kier alpha value is -1.89. The normalized spacial score (nSPS) is 17.9. The average molecular weight is 266 g/mol. The molecule has 7 nitrogen and oxygen atoms in total. The Balaban J connectivity index is 1.98. The van der Waals surface area contributed by atoms with Crippen molar-refractivity contribution in [3.63, 3.8) is 0 Å². The molecule has 1 aliphatic heterocycles. The lowest BCUT2D eigenvalue weighted by molar-refractivity contribution is -0.137. The number of nitrogens with one attached hydrogen (secondary N) is 2. The number of carboxylic acids is 1. The predicted molar refractivity (Wildman–Crippen MR) is 68.7 cm³/mol. The lowest BCUT2D eigenvalue weighted by Gasteiger charge is -2.32. The van der Waals surface area contributed by atoms with Crippen LogP contribution in [0.4, 0.5) is 5.69 Å². The molecule has 2 rings (SSSR count). The van der Waals surface area contributed by atoms with Crippen LogP contribution >= 0.6 is 0 Å². The Morgan fingerprint density at radius 3 is 2.84 bits per heavy atom. The summed E-state index contributed by atoms with van der Waals surface area (Å²) in [6.07, 6.45) is 4.58. The van der Waals surface area contributed by atoms with Gasteiger partial charge < -0.3 is 15.7 Å². The van der Waals surface area contributed by atoms with Crippen molar-refractivity contribution in [3.05, 3.63) is 12.4 Å². The van der Waals surface area contributed by atoms with Gasteiger partial charge in [0.25, 0.3) is 0 Å². The van der Waals surface area contributed by atoms with E-state index >= 15 is 0 Å². The summed E-state index contributed by atoms with van der Waals surface area (Å²) in [5.41, 5.74) is 0.158. The summed E-state index contributed by atoms with van der Waals surface area (Å²) in [7, 11) is 0. The molecule has 1 saturated heterocycles. The zero-order chi connectivity index (χ0) is 13.9. The minimum Gasteiger partial charge on any atom is -0.480 e. The van der Waals surface area contributed by atoms with Gasteiger partial charge in [-0.15, -0.1) is 0 Å². The van der Waals surface area contributed by atoms with Crippen molar-refractivity contribution < 1.29 is 14.7 Å². The minimum atomic E-state index is -0.966. The number of amides is 1. The average Bonchev–Trinajstić information content (AvgIpc) is 2.76. The number of anilines is 1. The highest BCUT2D eigenvalue weighted by Crippen LogP contribution is 2.29. The van der Waals surface area contributed by atoms with E-state index in [2.05, 4.69) is 15.7 Å². The van der Waals surface area contributed by atoms with Gasteiger partial charge in [0.05, 0.1) is 11.9 Å². The fourth-order valence-electron chi connectivity index (χ4n) is 2.14. The summed E-state index contributed by atoms with van der Waals surface area (Å²) in [6.45, 7) is 3.41. The van der Waals surface area contributed by atoms with Crippen LogP contribution in [-0.2, 0) is 16.1 Å². The van der Waals surface area contributed by atoms with Gasteiger partial charge >= 0.3 is 5.97 Å². The maximum atomic E-state index is 12.2. The van der Waals surface area contributed by atoms with Crippen molar-refractivity contribution in [2.24, 2.45) is 5.41 Å². The van der Waals surface area contributed by atoms with Crippen molar-refractivity contribution in [2.45, 2.75) is 26.3 Å². The predicted octanol–water partition coefficient (Wildman–Crippen LogP) is 0.296. The third-order valence-electron chi connectivity index (χ3n) is 3.44. The number of piperidine rings is 1. The van der Waals surface area contributed by atoms with Gasteiger partial charge in [0, 0.05) is 11.6 Å². The molecule has 1 fully saturated rings. The Kier molecular flexibility index (Phi) is 3.84. The van der Waals surface area contributed by atoms with Crippen LogP contribution in [0.3, 0.4) is 0 Å². The first kappa shape index (κ1) is 13.5. The Morgan fingerprint density at radius 2 is 2.21 bits per heavy atom. The highest BCUT2D eigenvalue weighted by atomic mass is 16.4. The molecule has 0 aliphatic carbocycles. The monoisotopic (exact) mass is 266 g/mol. The summed E-state index contributed by atoms with van der Waals surface area (Å²) in [5, 5.41) is 18.6. The molecule has 1 amide bonds. The van der Waals surface area contributed by atoms with Crippen LogP contribution in [0.25, 0.3) is 0 Å². The van der Waals surface area contributed by atoms with Gasteiger partial charge in [-0.25, -0.2) is 0 Å². The van der Waals surface area contributed by atoms with Gasteiger partial charge in [-0.05, 0) is 25.9 Å². The van der Waals surface area contributed by atoms with Crippen molar-refractivity contribution in [3.8, 4) is 0 Å². The zero-order valence-corrected chi connectivity index (χ0v) is 10.8. The van der Waals surface area contributed by atoms with Crippen molar-refractivity contribution in [2.75, 3.05) is 18.4 Å². The van der Waals surface area contributed by atoms with Gasteiger partial charge in [-0.2, -0.15) is 5.10 Å². The van der Waals surface area contributed by atoms with Crippen LogP contribution in [0.5, 0.6) is 0 Å². The molecular formula is C12H18N4O3. The summed E-state index contributed by atoms with van der Waals surface area (Å²) in [4.78, 5) is 22.8. The van der Waals surface area contributed by atoms with E-state index in [0.717, 1.165) is 25.9 Å². The van der Waals surface area contributed by atoms with Crippen LogP contribution in [0.1, 0.15) is 19.8 Å². The molecule has 0 aromatic carbocycles. The first-order valence-electron chi connectivity index (χ1n) is 6.26. The zero-order valence-electron chi connectivity index (χ0n) is 10.8. The maximum absolute atomic E-state index is 12.2. The Bertz CT molecular complexity index is 477. The number of carboxylic acid groups (broad SMARTS) is 1. The number of carbonyl (C=O) groups excluding carboxylic acids is 1. The molecule has 0 spiro atoms. The summed E-state index contributed by atoms with van der Waals surface area (Å²) >= 11 is 0. The SMILES string of the molecule is CC1(C(=O)Nc2cnn(CC(=O)O)c2)CCNCC1. The van der Waals surface area contributed by atoms with Gasteiger partial charge in [0.1, 0.15) is 6.54 Å². The number of carbonyl (C=O) groups is 2. The summed E-state index contributed by atoms with van der Waals surface area (Å²) in [5.74, 6) is -1.00. The first-order valence-corrected chi connectivity index (χ1v) is 6.26. The van der Waals surface area contributed by atoms with Crippen molar-refractivity contribution >= 4 is 17.6 Å². The smallest absolute Gasteiger partial charge is 0.325 e. The van der Waals surface area contributed by atoms with E-state index in [1.165, 1.54) is 17.1 Å². The lowest BCUT2D eigenvalue weighted by Crippen LogP contribution is -2.42. The van der Waals surface area contributed by atoms with E-state index < -0.39 is 5.97 Å². The third kappa shape index (κ3) is 3.31. The van der Waals surface area contributed by atoms with Crippen LogP contribution in [0, 0.1) is 5.41 Å². The Labute approximate surface area is 111 Å². The lowest BCUT2D eigenvalue weighted by atomic mass is 9.80. The highest BCUT2D eigenvalue weighted by molar-refractivity contribution is 5.94. The highest BCUT2D eigenvalue weighted by Gasteiger charge is 2.34. The summed E-state index contributed by atoms with van der Waals surface area (Å²) < 4.78 is 1.28. The fourth-order valence-corrected chi connectivity index (χ4v) is 2.14. The molecule has 0 atom stereocenters. The fraction of sp³-hybridized carbons (Fsp3) is 0.583. The van der Waals surface area contributed by atoms with Crippen LogP contribution < -0.4 is 10.6 Å². The number of hydrogen-bond acceptors (Lipinski definition) is 4. The standard InChI is InChI=1S/C12H18N4O3/c1-12(2-4-13-5-3-12)11(19)15-9-6-14-16(7-9)8-10(17)18/h6-7,13H,2-5,8H2,1H3,(H,15,19)(H,17,18). The maximum Gasteiger partial charge on any atom is 0.325 e. The van der Waals surface area contributed by atoms with E-state index in [1.807, 2.05) is 6.92 Å². The van der Waals surface area contributed by atoms with E-state index in [9.17, 15) is 9.59 Å². The Morgan fingerprint density at radius 1 is 1.53 bits per heavy atom. The van der Waals surface area contributed by atoms with E-state index in [0.29, 0.717) is 5.69 Å². The molecule has 0 bridgehead atoms. The molecule has 1 aliphatic rings. The molecule has 0 unspecified atom stereocenters. The molecule has 3 N–H and O–H groups in total. The largest absolute Gasteiger partial charge is 0.480 e. The molecular weight excluding hydrogens is 248 g/mol. The molecule has 0 saturated carbocycles. The van der Waals surface area contributed by atoms with E-state index in [1.54, 1.807) is 0 Å². The first-order chi connectivity index (χ1) is 8.99. The third-order valence-corrected chi connectivity index (χ3v) is 3.44. The molecule has 1 aromatic rings. The number of aliphatic carboxylic acids is 1. The topological polar surface area (TPSA) is 96.2 Å². The molecule has 7 heteroatoms. The second kappa shape index (κ2) is 5.40. The van der Waals surface area contributed by atoms with E-state index in [4.69, 9.17) is 5.11 Å². The molecule has 104 valence electrons. The van der Waals surface area contributed by atoms with Crippen LogP contribution in [0.2, 0.25) is 0 Å². The van der Waals surface area contributed by atoms with Gasteiger partial charge in [-0.1, -0.05) is 6.92 Å². The van der Waals surface area contributed by atoms with Crippen molar-refractivity contribution in [1.29, 1.82) is 0 Å². The van der Waals surface area contributed by atoms with Gasteiger partial charge in [0.15, 0.2) is 0 Å². The second-order valence-corrected chi connectivity index (χ2v) is 5.09.